The van der Waals surface area contributed by atoms with Crippen LogP contribution in [0.25, 0.3) is 0 Å². The Labute approximate surface area is 115 Å². The molecule has 0 bridgehead atoms. The molecule has 0 unspecified atom stereocenters. The van der Waals surface area contributed by atoms with Gasteiger partial charge in [0.25, 0.3) is 10.1 Å². The van der Waals surface area contributed by atoms with Gasteiger partial charge in [0.2, 0.25) is 0 Å². The van der Waals surface area contributed by atoms with Crippen LogP contribution < -0.4 is 0 Å². The van der Waals surface area contributed by atoms with Gasteiger partial charge in [0.1, 0.15) is 0 Å². The molecule has 0 aromatic heterocycles. The Hall–Kier alpha value is 0.340. The predicted molar refractivity (Wildman–Crippen MR) is 83.7 cm³/mol. The highest BCUT2D eigenvalue weighted by molar-refractivity contribution is 7.85. The summed E-state index contributed by atoms with van der Waals surface area (Å²) in [6, 6.07) is 0. The average Bonchev–Trinajstić information content (AvgIpc) is 2.26. The highest BCUT2D eigenvalue weighted by atomic mass is 32.2. The first-order valence-electron chi connectivity index (χ1n) is 6.99. The zero-order valence-electron chi connectivity index (χ0n) is 12.5. The highest BCUT2D eigenvalue weighted by Gasteiger charge is 2.05. The summed E-state index contributed by atoms with van der Waals surface area (Å²) in [4.78, 5) is 0. The van der Waals surface area contributed by atoms with E-state index in [0.29, 0.717) is 14.2 Å². The van der Waals surface area contributed by atoms with E-state index in [0.717, 1.165) is 0 Å². The standard InChI is InChI=1S/C12H27P.CH4O3S/c1-4-7-10-13(11-8-5-2)12-9-6-3;1-5(2,3)4/h4-12H2,1-3H3;1H3,(H,2,3,4). The van der Waals surface area contributed by atoms with E-state index in [1.165, 1.54) is 38.5 Å². The molecule has 112 valence electrons. The second-order valence-corrected chi connectivity index (χ2v) is 8.78. The maximum absolute atomic E-state index is 9.19. The minimum atomic E-state index is -3.67. The van der Waals surface area contributed by atoms with Crippen molar-refractivity contribution in [1.82, 2.24) is 0 Å². The first-order chi connectivity index (χ1) is 8.35. The topological polar surface area (TPSA) is 54.4 Å². The van der Waals surface area contributed by atoms with Gasteiger partial charge in [-0.3, -0.25) is 4.55 Å². The van der Waals surface area contributed by atoms with Gasteiger partial charge in [0, 0.05) is 0 Å². The van der Waals surface area contributed by atoms with Gasteiger partial charge in [-0.2, -0.15) is 8.42 Å². The van der Waals surface area contributed by atoms with Crippen LogP contribution in [0.15, 0.2) is 0 Å². The van der Waals surface area contributed by atoms with Gasteiger partial charge in [-0.05, 0) is 37.7 Å². The molecule has 0 amide bonds. The van der Waals surface area contributed by atoms with Gasteiger partial charge in [0.15, 0.2) is 0 Å². The van der Waals surface area contributed by atoms with E-state index in [-0.39, 0.29) is 0 Å². The van der Waals surface area contributed by atoms with E-state index in [9.17, 15) is 8.42 Å². The molecular formula is C13H31O3PS. The number of rotatable bonds is 9. The molecule has 0 heterocycles. The second-order valence-electron chi connectivity index (χ2n) is 4.64. The molecule has 0 aromatic carbocycles. The molecule has 0 saturated heterocycles. The van der Waals surface area contributed by atoms with Crippen molar-refractivity contribution in [2.75, 3.05) is 24.7 Å². The third-order valence-electron chi connectivity index (χ3n) is 2.48. The molecule has 0 spiro atoms. The van der Waals surface area contributed by atoms with Gasteiger partial charge in [-0.15, -0.1) is 7.92 Å². The van der Waals surface area contributed by atoms with E-state index in [4.69, 9.17) is 4.55 Å². The number of hydrogen-bond acceptors (Lipinski definition) is 2. The van der Waals surface area contributed by atoms with Crippen LogP contribution in [0, 0.1) is 0 Å². The minimum absolute atomic E-state index is 0.422. The maximum atomic E-state index is 9.19. The molecule has 0 aromatic rings. The van der Waals surface area contributed by atoms with E-state index in [2.05, 4.69) is 20.8 Å². The maximum Gasteiger partial charge on any atom is 0.261 e. The Morgan fingerprint density at radius 2 is 1.06 bits per heavy atom. The summed E-state index contributed by atoms with van der Waals surface area (Å²) >= 11 is 0. The van der Waals surface area contributed by atoms with Crippen LogP contribution in [0.5, 0.6) is 0 Å². The summed E-state index contributed by atoms with van der Waals surface area (Å²) in [6.07, 6.45) is 13.9. The van der Waals surface area contributed by atoms with Crippen LogP contribution >= 0.6 is 7.92 Å². The van der Waals surface area contributed by atoms with Crippen LogP contribution in [-0.4, -0.2) is 37.7 Å². The van der Waals surface area contributed by atoms with Crippen LogP contribution in [0.3, 0.4) is 0 Å². The van der Waals surface area contributed by atoms with Crippen molar-refractivity contribution in [3.8, 4) is 0 Å². The Bertz CT molecular complexity index is 226. The van der Waals surface area contributed by atoms with Crippen molar-refractivity contribution in [2.45, 2.75) is 59.3 Å². The van der Waals surface area contributed by atoms with Gasteiger partial charge in [0.05, 0.1) is 6.26 Å². The minimum Gasteiger partial charge on any atom is -0.286 e. The van der Waals surface area contributed by atoms with Crippen LogP contribution in [0.2, 0.25) is 0 Å². The summed E-state index contributed by atoms with van der Waals surface area (Å²) in [5.74, 6) is 0. The number of unbranched alkanes of at least 4 members (excludes halogenated alkanes) is 3. The van der Waals surface area contributed by atoms with Crippen molar-refractivity contribution < 1.29 is 13.0 Å². The van der Waals surface area contributed by atoms with Crippen molar-refractivity contribution >= 4 is 18.0 Å². The second kappa shape index (κ2) is 13.8. The largest absolute Gasteiger partial charge is 0.286 e. The van der Waals surface area contributed by atoms with Gasteiger partial charge in [-0.1, -0.05) is 40.0 Å². The van der Waals surface area contributed by atoms with E-state index in [1.807, 2.05) is 0 Å². The first-order valence-corrected chi connectivity index (χ1v) is 10.7. The SMILES string of the molecule is CCCCP(CCCC)CCCC.CS(=O)(=O)O. The molecule has 5 heteroatoms. The molecular weight excluding hydrogens is 267 g/mol. The van der Waals surface area contributed by atoms with Crippen molar-refractivity contribution in [2.24, 2.45) is 0 Å². The first kappa shape index (κ1) is 20.7. The molecule has 0 aliphatic carbocycles. The fraction of sp³-hybridized carbons (Fsp3) is 1.00. The van der Waals surface area contributed by atoms with Crippen molar-refractivity contribution in [3.63, 3.8) is 0 Å². The zero-order valence-corrected chi connectivity index (χ0v) is 14.2. The van der Waals surface area contributed by atoms with Gasteiger partial charge >= 0.3 is 0 Å². The summed E-state index contributed by atoms with van der Waals surface area (Å²) in [5, 5.41) is 0. The molecule has 3 nitrogen and oxygen atoms in total. The smallest absolute Gasteiger partial charge is 0.261 e. The monoisotopic (exact) mass is 298 g/mol. The third-order valence-corrected chi connectivity index (χ3v) is 5.33. The Morgan fingerprint density at radius 3 is 1.22 bits per heavy atom. The molecule has 0 aliphatic heterocycles. The van der Waals surface area contributed by atoms with E-state index >= 15 is 0 Å². The molecule has 0 rings (SSSR count). The molecule has 0 aliphatic rings. The summed E-state index contributed by atoms with van der Waals surface area (Å²) in [7, 11) is -3.24. The predicted octanol–water partition coefficient (Wildman–Crippen LogP) is 4.37. The highest BCUT2D eigenvalue weighted by Crippen LogP contribution is 2.38. The average molecular weight is 298 g/mol. The zero-order chi connectivity index (χ0) is 14.4. The Kier molecular flexibility index (Phi) is 15.8. The molecule has 18 heavy (non-hydrogen) atoms. The van der Waals surface area contributed by atoms with Gasteiger partial charge < -0.3 is 0 Å². The summed E-state index contributed by atoms with van der Waals surface area (Å²) in [5.41, 5.74) is 0. The quantitative estimate of drug-likeness (QED) is 0.508. The normalized spacial score (nSPS) is 11.2. The fourth-order valence-corrected chi connectivity index (χ4v) is 4.44. The summed E-state index contributed by atoms with van der Waals surface area (Å²) < 4.78 is 25.9. The molecule has 0 fully saturated rings. The number of hydrogen-bond donors (Lipinski definition) is 1. The van der Waals surface area contributed by atoms with Crippen LogP contribution in [0.1, 0.15) is 59.3 Å². The lowest BCUT2D eigenvalue weighted by molar-refractivity contribution is 0.490. The summed E-state index contributed by atoms with van der Waals surface area (Å²) in [6.45, 7) is 6.94. The molecule has 1 N–H and O–H groups in total. The lowest BCUT2D eigenvalue weighted by Gasteiger charge is -2.16. The van der Waals surface area contributed by atoms with Crippen molar-refractivity contribution in [3.05, 3.63) is 0 Å². The van der Waals surface area contributed by atoms with E-state index < -0.39 is 10.1 Å². The van der Waals surface area contributed by atoms with Crippen LogP contribution in [-0.2, 0) is 10.1 Å². The molecule has 0 radical (unpaired) electrons. The van der Waals surface area contributed by atoms with Gasteiger partial charge in [-0.25, -0.2) is 0 Å². The lowest BCUT2D eigenvalue weighted by atomic mass is 10.4. The Morgan fingerprint density at radius 1 is 0.833 bits per heavy atom. The van der Waals surface area contributed by atoms with E-state index in [1.54, 1.807) is 18.5 Å². The molecule has 0 atom stereocenters. The van der Waals surface area contributed by atoms with Crippen molar-refractivity contribution in [1.29, 1.82) is 0 Å². The molecule has 0 saturated carbocycles. The Balaban J connectivity index is 0. The fourth-order valence-electron chi connectivity index (χ4n) is 1.48. The lowest BCUT2D eigenvalue weighted by Crippen LogP contribution is -1.95. The third kappa shape index (κ3) is 25.3. The van der Waals surface area contributed by atoms with Crippen LogP contribution in [0.4, 0.5) is 0 Å².